The summed E-state index contributed by atoms with van der Waals surface area (Å²) >= 11 is 0. The molecule has 1 saturated carbocycles. The van der Waals surface area contributed by atoms with Gasteiger partial charge in [-0.2, -0.15) is 0 Å². The summed E-state index contributed by atoms with van der Waals surface area (Å²) in [5.41, 5.74) is 6.49. The Morgan fingerprint density at radius 2 is 2.00 bits per heavy atom. The van der Waals surface area contributed by atoms with Gasteiger partial charge in [-0.3, -0.25) is 4.79 Å². The first-order valence-electron chi connectivity index (χ1n) is 5.39. The maximum Gasteiger partial charge on any atom is 0.230 e. The highest BCUT2D eigenvalue weighted by Gasteiger charge is 2.33. The van der Waals surface area contributed by atoms with Crippen LogP contribution in [-0.2, 0) is 4.79 Å². The van der Waals surface area contributed by atoms with Crippen molar-refractivity contribution in [2.75, 3.05) is 18.0 Å². The predicted octanol–water partition coefficient (Wildman–Crippen LogP) is 1.39. The van der Waals surface area contributed by atoms with Gasteiger partial charge in [0, 0.05) is 24.7 Å². The van der Waals surface area contributed by atoms with Gasteiger partial charge in [-0.05, 0) is 25.0 Å². The van der Waals surface area contributed by atoms with Gasteiger partial charge in [-0.15, -0.1) is 0 Å². The number of benzene rings is 1. The minimum Gasteiger partial charge on any atom is -0.329 e. The third kappa shape index (κ3) is 2.36. The van der Waals surface area contributed by atoms with Crippen molar-refractivity contribution in [1.29, 1.82) is 0 Å². The minimum atomic E-state index is 0.228. The molecular formula is C12H16N2O. The average Bonchev–Trinajstić information content (AvgIpc) is 3.10. The molecule has 1 amide bonds. The summed E-state index contributed by atoms with van der Waals surface area (Å²) in [4.78, 5) is 13.8. The molecular weight excluding hydrogens is 188 g/mol. The maximum atomic E-state index is 12.0. The van der Waals surface area contributed by atoms with Crippen molar-refractivity contribution in [3.8, 4) is 0 Å². The second-order valence-corrected chi connectivity index (χ2v) is 3.89. The molecule has 0 aliphatic heterocycles. The third-order valence-electron chi connectivity index (χ3n) is 2.61. The topological polar surface area (TPSA) is 46.3 Å². The van der Waals surface area contributed by atoms with Crippen LogP contribution in [0.15, 0.2) is 30.3 Å². The molecule has 1 aromatic carbocycles. The molecule has 1 aliphatic carbocycles. The number of nitrogens with zero attached hydrogens (tertiary/aromatic N) is 1. The lowest BCUT2D eigenvalue weighted by molar-refractivity contribution is -0.119. The Morgan fingerprint density at radius 3 is 2.53 bits per heavy atom. The first-order chi connectivity index (χ1) is 7.33. The van der Waals surface area contributed by atoms with Crippen LogP contribution in [0.1, 0.15) is 12.8 Å². The van der Waals surface area contributed by atoms with Crippen molar-refractivity contribution in [2.24, 2.45) is 11.7 Å². The SMILES string of the molecule is NCCN(C(=O)C1CC1)c1ccccc1. The Kier molecular flexibility index (Phi) is 3.02. The van der Waals surface area contributed by atoms with Crippen molar-refractivity contribution in [1.82, 2.24) is 0 Å². The molecule has 1 aromatic rings. The highest BCUT2D eigenvalue weighted by atomic mass is 16.2. The number of carbonyl (C=O) groups is 1. The molecule has 0 radical (unpaired) electrons. The van der Waals surface area contributed by atoms with Crippen LogP contribution in [-0.4, -0.2) is 19.0 Å². The summed E-state index contributed by atoms with van der Waals surface area (Å²) in [7, 11) is 0. The molecule has 0 saturated heterocycles. The van der Waals surface area contributed by atoms with Crippen molar-refractivity contribution in [3.05, 3.63) is 30.3 Å². The molecule has 0 heterocycles. The number of nitrogens with two attached hydrogens (primary N) is 1. The lowest BCUT2D eigenvalue weighted by Gasteiger charge is -2.21. The number of carbonyl (C=O) groups excluding carboxylic acids is 1. The number of para-hydroxylation sites is 1. The smallest absolute Gasteiger partial charge is 0.230 e. The van der Waals surface area contributed by atoms with Crippen molar-refractivity contribution in [3.63, 3.8) is 0 Å². The third-order valence-corrected chi connectivity index (χ3v) is 2.61. The van der Waals surface area contributed by atoms with E-state index in [-0.39, 0.29) is 11.8 Å². The molecule has 15 heavy (non-hydrogen) atoms. The van der Waals surface area contributed by atoms with Gasteiger partial charge in [0.2, 0.25) is 5.91 Å². The Hall–Kier alpha value is -1.35. The largest absolute Gasteiger partial charge is 0.329 e. The van der Waals surface area contributed by atoms with Gasteiger partial charge in [0.15, 0.2) is 0 Å². The van der Waals surface area contributed by atoms with E-state index in [1.807, 2.05) is 30.3 Å². The van der Waals surface area contributed by atoms with Crippen LogP contribution < -0.4 is 10.6 Å². The second-order valence-electron chi connectivity index (χ2n) is 3.89. The number of amides is 1. The molecule has 1 aliphatic rings. The van der Waals surface area contributed by atoms with Crippen LogP contribution in [0.5, 0.6) is 0 Å². The van der Waals surface area contributed by atoms with Gasteiger partial charge >= 0.3 is 0 Å². The quantitative estimate of drug-likeness (QED) is 0.805. The average molecular weight is 204 g/mol. The zero-order valence-electron chi connectivity index (χ0n) is 8.73. The van der Waals surface area contributed by atoms with Crippen LogP contribution in [0.2, 0.25) is 0 Å². The van der Waals surface area contributed by atoms with Crippen LogP contribution in [0.25, 0.3) is 0 Å². The summed E-state index contributed by atoms with van der Waals surface area (Å²) in [6.07, 6.45) is 2.07. The molecule has 3 heteroatoms. The van der Waals surface area contributed by atoms with Gasteiger partial charge in [0.05, 0.1) is 0 Å². The fourth-order valence-electron chi connectivity index (χ4n) is 1.65. The van der Waals surface area contributed by atoms with E-state index in [2.05, 4.69) is 0 Å². The van der Waals surface area contributed by atoms with E-state index in [1.165, 1.54) is 0 Å². The molecule has 0 aromatic heterocycles. The van der Waals surface area contributed by atoms with Gasteiger partial charge in [-0.1, -0.05) is 18.2 Å². The van der Waals surface area contributed by atoms with E-state index in [9.17, 15) is 4.79 Å². The van der Waals surface area contributed by atoms with E-state index in [0.29, 0.717) is 13.1 Å². The summed E-state index contributed by atoms with van der Waals surface area (Å²) < 4.78 is 0. The van der Waals surface area contributed by atoms with Crippen LogP contribution in [0.3, 0.4) is 0 Å². The summed E-state index contributed by atoms with van der Waals surface area (Å²) in [5.74, 6) is 0.475. The molecule has 1 fully saturated rings. The Labute approximate surface area is 89.9 Å². The van der Waals surface area contributed by atoms with E-state index < -0.39 is 0 Å². The minimum absolute atomic E-state index is 0.228. The van der Waals surface area contributed by atoms with Gasteiger partial charge in [0.25, 0.3) is 0 Å². The molecule has 0 unspecified atom stereocenters. The number of hydrogen-bond donors (Lipinski definition) is 1. The zero-order chi connectivity index (χ0) is 10.7. The second kappa shape index (κ2) is 4.45. The van der Waals surface area contributed by atoms with E-state index in [1.54, 1.807) is 4.90 Å². The highest BCUT2D eigenvalue weighted by Crippen LogP contribution is 2.32. The number of hydrogen-bond acceptors (Lipinski definition) is 2. The first-order valence-corrected chi connectivity index (χ1v) is 5.39. The zero-order valence-corrected chi connectivity index (χ0v) is 8.73. The molecule has 0 bridgehead atoms. The van der Waals surface area contributed by atoms with Crippen LogP contribution in [0, 0.1) is 5.92 Å². The monoisotopic (exact) mass is 204 g/mol. The Bertz CT molecular complexity index is 333. The molecule has 2 N–H and O–H groups in total. The van der Waals surface area contributed by atoms with Crippen molar-refractivity contribution < 1.29 is 4.79 Å². The molecule has 0 spiro atoms. The molecule has 2 rings (SSSR count). The van der Waals surface area contributed by atoms with E-state index >= 15 is 0 Å². The molecule has 0 atom stereocenters. The van der Waals surface area contributed by atoms with E-state index in [4.69, 9.17) is 5.73 Å². The lowest BCUT2D eigenvalue weighted by Crippen LogP contribution is -2.36. The predicted molar refractivity (Wildman–Crippen MR) is 60.6 cm³/mol. The Balaban J connectivity index is 2.15. The van der Waals surface area contributed by atoms with Crippen molar-refractivity contribution >= 4 is 11.6 Å². The summed E-state index contributed by atoms with van der Waals surface area (Å²) in [6.45, 7) is 1.12. The first kappa shape index (κ1) is 10.2. The lowest BCUT2D eigenvalue weighted by atomic mass is 10.2. The fraction of sp³-hybridized carbons (Fsp3) is 0.417. The normalized spacial score (nSPS) is 15.0. The number of rotatable bonds is 4. The number of anilines is 1. The van der Waals surface area contributed by atoms with Gasteiger partial charge in [0.1, 0.15) is 0 Å². The summed E-state index contributed by atoms with van der Waals surface area (Å²) in [5, 5.41) is 0. The van der Waals surface area contributed by atoms with Crippen LogP contribution >= 0.6 is 0 Å². The van der Waals surface area contributed by atoms with Gasteiger partial charge in [-0.25, -0.2) is 0 Å². The standard InChI is InChI=1S/C12H16N2O/c13-8-9-14(12(15)10-6-7-10)11-4-2-1-3-5-11/h1-5,10H,6-9,13H2. The fourth-order valence-corrected chi connectivity index (χ4v) is 1.65. The maximum absolute atomic E-state index is 12.0. The molecule has 3 nitrogen and oxygen atoms in total. The van der Waals surface area contributed by atoms with Gasteiger partial charge < -0.3 is 10.6 Å². The van der Waals surface area contributed by atoms with E-state index in [0.717, 1.165) is 18.5 Å². The Morgan fingerprint density at radius 1 is 1.33 bits per heavy atom. The molecule has 80 valence electrons. The van der Waals surface area contributed by atoms with Crippen LogP contribution in [0.4, 0.5) is 5.69 Å². The van der Waals surface area contributed by atoms with Crippen molar-refractivity contribution in [2.45, 2.75) is 12.8 Å². The summed E-state index contributed by atoms with van der Waals surface area (Å²) in [6, 6.07) is 9.75. The highest BCUT2D eigenvalue weighted by molar-refractivity contribution is 5.96.